The van der Waals surface area contributed by atoms with Crippen molar-refractivity contribution in [1.29, 1.82) is 0 Å². The molecule has 1 N–H and O–H groups in total. The highest BCUT2D eigenvalue weighted by atomic mass is 16.3. The predicted molar refractivity (Wildman–Crippen MR) is 87.4 cm³/mol. The molecule has 1 aliphatic rings. The van der Waals surface area contributed by atoms with Crippen molar-refractivity contribution in [2.75, 3.05) is 6.54 Å². The van der Waals surface area contributed by atoms with Crippen LogP contribution in [-0.4, -0.2) is 32.4 Å². The summed E-state index contributed by atoms with van der Waals surface area (Å²) in [5, 5.41) is 14.9. The van der Waals surface area contributed by atoms with E-state index < -0.39 is 0 Å². The molecule has 4 heteroatoms. The van der Waals surface area contributed by atoms with E-state index in [1.807, 2.05) is 42.1 Å². The first-order valence-electron chi connectivity index (χ1n) is 8.09. The molecule has 1 aromatic carbocycles. The van der Waals surface area contributed by atoms with Crippen molar-refractivity contribution in [3.05, 3.63) is 53.3 Å². The number of hydrogen-bond donors (Lipinski definition) is 1. The molecule has 2 heterocycles. The quantitative estimate of drug-likeness (QED) is 0.923. The smallest absolute Gasteiger partial charge is 0.0805 e. The zero-order chi connectivity index (χ0) is 15.5. The summed E-state index contributed by atoms with van der Waals surface area (Å²) in [4.78, 5) is 2.50. The lowest BCUT2D eigenvalue weighted by Gasteiger charge is -2.26. The van der Waals surface area contributed by atoms with E-state index in [0.717, 1.165) is 30.8 Å². The largest absolute Gasteiger partial charge is 0.388 e. The third-order valence-corrected chi connectivity index (χ3v) is 4.67. The predicted octanol–water partition coefficient (Wildman–Crippen LogP) is 2.82. The molecule has 4 nitrogen and oxygen atoms in total. The third-order valence-electron chi connectivity index (χ3n) is 4.67. The van der Waals surface area contributed by atoms with Crippen LogP contribution in [0.4, 0.5) is 0 Å². The topological polar surface area (TPSA) is 41.3 Å². The first kappa shape index (κ1) is 15.3. The molecule has 2 unspecified atom stereocenters. The number of benzene rings is 1. The molecule has 0 spiro atoms. The Morgan fingerprint density at radius 2 is 2.09 bits per heavy atom. The fraction of sp³-hybridized carbons (Fsp3) is 0.500. The van der Waals surface area contributed by atoms with E-state index in [9.17, 15) is 5.11 Å². The minimum atomic E-state index is -0.373. The van der Waals surface area contributed by atoms with Crippen molar-refractivity contribution in [2.45, 2.75) is 44.9 Å². The Labute approximate surface area is 132 Å². The standard InChI is InChI=1S/C18H25N3O/c1-14-16(12-20(2)19-14)13-21-10-6-9-17(21)11-18(22)15-7-4-3-5-8-15/h3-5,7-8,12,17-18,22H,6,9-11,13H2,1-2H3. The molecule has 0 radical (unpaired) electrons. The van der Waals surface area contributed by atoms with Crippen LogP contribution in [0.2, 0.25) is 0 Å². The Kier molecular flexibility index (Phi) is 4.60. The fourth-order valence-corrected chi connectivity index (χ4v) is 3.46. The van der Waals surface area contributed by atoms with Gasteiger partial charge in [0.25, 0.3) is 0 Å². The molecule has 1 aliphatic heterocycles. The van der Waals surface area contributed by atoms with Gasteiger partial charge in [0.2, 0.25) is 0 Å². The average molecular weight is 299 g/mol. The Morgan fingerprint density at radius 1 is 1.32 bits per heavy atom. The monoisotopic (exact) mass is 299 g/mol. The molecule has 1 aromatic heterocycles. The van der Waals surface area contributed by atoms with E-state index in [-0.39, 0.29) is 6.10 Å². The van der Waals surface area contributed by atoms with Crippen molar-refractivity contribution in [2.24, 2.45) is 7.05 Å². The summed E-state index contributed by atoms with van der Waals surface area (Å²) in [6.45, 7) is 4.12. The fourth-order valence-electron chi connectivity index (χ4n) is 3.46. The van der Waals surface area contributed by atoms with Gasteiger partial charge in [-0.05, 0) is 38.3 Å². The van der Waals surface area contributed by atoms with Crippen LogP contribution in [0.15, 0.2) is 36.5 Å². The second-order valence-electron chi connectivity index (χ2n) is 6.34. The van der Waals surface area contributed by atoms with Gasteiger partial charge in [0.1, 0.15) is 0 Å². The van der Waals surface area contributed by atoms with Crippen LogP contribution in [0.25, 0.3) is 0 Å². The molecular weight excluding hydrogens is 274 g/mol. The molecule has 0 aliphatic carbocycles. The highest BCUT2D eigenvalue weighted by molar-refractivity contribution is 5.18. The molecule has 1 fully saturated rings. The number of aliphatic hydroxyl groups is 1. The summed E-state index contributed by atoms with van der Waals surface area (Å²) in [5.74, 6) is 0. The van der Waals surface area contributed by atoms with Gasteiger partial charge in [0.05, 0.1) is 11.8 Å². The van der Waals surface area contributed by atoms with Gasteiger partial charge in [0.15, 0.2) is 0 Å². The lowest BCUT2D eigenvalue weighted by atomic mass is 10.0. The molecule has 1 saturated heterocycles. The van der Waals surface area contributed by atoms with E-state index in [1.54, 1.807) is 0 Å². The van der Waals surface area contributed by atoms with E-state index >= 15 is 0 Å². The maximum Gasteiger partial charge on any atom is 0.0805 e. The van der Waals surface area contributed by atoms with Crippen LogP contribution >= 0.6 is 0 Å². The highest BCUT2D eigenvalue weighted by Gasteiger charge is 2.27. The molecular formula is C18H25N3O. The number of aromatic nitrogens is 2. The van der Waals surface area contributed by atoms with Gasteiger partial charge < -0.3 is 5.11 Å². The number of hydrogen-bond acceptors (Lipinski definition) is 3. The maximum absolute atomic E-state index is 10.5. The van der Waals surface area contributed by atoms with Gasteiger partial charge in [-0.15, -0.1) is 0 Å². The Hall–Kier alpha value is -1.65. The molecule has 2 aromatic rings. The first-order chi connectivity index (χ1) is 10.6. The van der Waals surface area contributed by atoms with Crippen molar-refractivity contribution >= 4 is 0 Å². The number of likely N-dealkylation sites (tertiary alicyclic amines) is 1. The second-order valence-corrected chi connectivity index (χ2v) is 6.34. The summed E-state index contributed by atoms with van der Waals surface area (Å²) in [5.41, 5.74) is 3.42. The van der Waals surface area contributed by atoms with Crippen molar-refractivity contribution < 1.29 is 5.11 Å². The maximum atomic E-state index is 10.5. The lowest BCUT2D eigenvalue weighted by molar-refractivity contribution is 0.118. The molecule has 0 saturated carbocycles. The van der Waals surface area contributed by atoms with E-state index in [1.165, 1.54) is 18.4 Å². The van der Waals surface area contributed by atoms with Crippen LogP contribution in [0.5, 0.6) is 0 Å². The Bertz CT molecular complexity index is 608. The van der Waals surface area contributed by atoms with Crippen LogP contribution in [-0.2, 0) is 13.6 Å². The van der Waals surface area contributed by atoms with E-state index in [0.29, 0.717) is 6.04 Å². The van der Waals surface area contributed by atoms with Gasteiger partial charge in [-0.2, -0.15) is 5.10 Å². The summed E-state index contributed by atoms with van der Waals surface area (Å²) in [6, 6.07) is 10.4. The second kappa shape index (κ2) is 6.63. The van der Waals surface area contributed by atoms with Crippen molar-refractivity contribution in [1.82, 2.24) is 14.7 Å². The van der Waals surface area contributed by atoms with Crippen LogP contribution in [0, 0.1) is 6.92 Å². The van der Waals surface area contributed by atoms with Crippen molar-refractivity contribution in [3.63, 3.8) is 0 Å². The van der Waals surface area contributed by atoms with E-state index in [4.69, 9.17) is 0 Å². The summed E-state index contributed by atoms with van der Waals surface area (Å²) >= 11 is 0. The van der Waals surface area contributed by atoms with Gasteiger partial charge in [-0.3, -0.25) is 9.58 Å². The zero-order valence-corrected chi connectivity index (χ0v) is 13.4. The number of aryl methyl sites for hydroxylation is 2. The summed E-state index contributed by atoms with van der Waals surface area (Å²) in [7, 11) is 1.97. The van der Waals surface area contributed by atoms with Crippen molar-refractivity contribution in [3.8, 4) is 0 Å². The molecule has 0 amide bonds. The molecule has 118 valence electrons. The first-order valence-corrected chi connectivity index (χ1v) is 8.09. The normalized spacial score (nSPS) is 20.4. The van der Waals surface area contributed by atoms with Crippen LogP contribution in [0.3, 0.4) is 0 Å². The minimum Gasteiger partial charge on any atom is -0.388 e. The zero-order valence-electron chi connectivity index (χ0n) is 13.4. The minimum absolute atomic E-state index is 0.373. The van der Waals surface area contributed by atoms with E-state index in [2.05, 4.69) is 23.1 Å². The van der Waals surface area contributed by atoms with Gasteiger partial charge in [-0.25, -0.2) is 0 Å². The van der Waals surface area contributed by atoms with Gasteiger partial charge in [-0.1, -0.05) is 30.3 Å². The van der Waals surface area contributed by atoms with Gasteiger partial charge >= 0.3 is 0 Å². The number of nitrogens with zero attached hydrogens (tertiary/aromatic N) is 3. The van der Waals surface area contributed by atoms with Crippen LogP contribution < -0.4 is 0 Å². The molecule has 0 bridgehead atoms. The molecule has 3 rings (SSSR count). The SMILES string of the molecule is Cc1nn(C)cc1CN1CCCC1CC(O)c1ccccc1. The number of rotatable bonds is 5. The summed E-state index contributed by atoms with van der Waals surface area (Å²) < 4.78 is 1.88. The molecule has 2 atom stereocenters. The van der Waals surface area contributed by atoms with Crippen LogP contribution in [0.1, 0.15) is 42.2 Å². The summed E-state index contributed by atoms with van der Waals surface area (Å²) in [6.07, 6.45) is 4.93. The van der Waals surface area contributed by atoms with Gasteiger partial charge in [0, 0.05) is 31.4 Å². The Morgan fingerprint density at radius 3 is 2.77 bits per heavy atom. The Balaban J connectivity index is 1.64. The highest BCUT2D eigenvalue weighted by Crippen LogP contribution is 2.28. The third kappa shape index (κ3) is 3.39. The average Bonchev–Trinajstić information content (AvgIpc) is 3.07. The molecule has 22 heavy (non-hydrogen) atoms. The number of aliphatic hydroxyl groups excluding tert-OH is 1. The lowest BCUT2D eigenvalue weighted by Crippen LogP contribution is -2.30.